The van der Waals surface area contributed by atoms with Crippen LogP contribution in [0.1, 0.15) is 69.8 Å². The molecule has 0 radical (unpaired) electrons. The zero-order chi connectivity index (χ0) is 28.5. The summed E-state index contributed by atoms with van der Waals surface area (Å²) in [5.41, 5.74) is 6.54. The molecule has 0 bridgehead atoms. The topological polar surface area (TPSA) is 161 Å². The Morgan fingerprint density at radius 3 is 2.33 bits per heavy atom. The smallest absolute Gasteiger partial charge is 0.317 e. The summed E-state index contributed by atoms with van der Waals surface area (Å²) in [5.74, 6) is 0.323. The van der Waals surface area contributed by atoms with Gasteiger partial charge in [-0.05, 0) is 55.4 Å². The molecule has 3 aliphatic rings. The maximum absolute atomic E-state index is 13.6. The number of aliphatic carboxylic acids is 1. The summed E-state index contributed by atoms with van der Waals surface area (Å²) in [7, 11) is 0. The highest BCUT2D eigenvalue weighted by atomic mass is 16.4. The second-order valence-electron chi connectivity index (χ2n) is 12.0. The summed E-state index contributed by atoms with van der Waals surface area (Å²) in [6, 6.07) is 8.05. The van der Waals surface area contributed by atoms with Gasteiger partial charge in [-0.2, -0.15) is 0 Å². The third-order valence-electron chi connectivity index (χ3n) is 9.13. The number of hydrogen-bond acceptors (Lipinski definition) is 5. The van der Waals surface area contributed by atoms with E-state index in [0.717, 1.165) is 24.3 Å². The summed E-state index contributed by atoms with van der Waals surface area (Å²) < 4.78 is 0. The number of fused-ring (bicyclic) bond motifs is 1. The molecule has 4 rings (SSSR count). The molecule has 1 aliphatic heterocycles. The lowest BCUT2D eigenvalue weighted by Gasteiger charge is -2.40. The number of carbonyl (C=O) groups is 3. The lowest BCUT2D eigenvalue weighted by Crippen LogP contribution is -2.57. The van der Waals surface area contributed by atoms with E-state index < -0.39 is 18.1 Å². The highest BCUT2D eigenvalue weighted by Gasteiger charge is 2.35. The van der Waals surface area contributed by atoms with Crippen molar-refractivity contribution in [3.63, 3.8) is 0 Å². The van der Waals surface area contributed by atoms with Gasteiger partial charge in [0.1, 0.15) is 6.04 Å². The van der Waals surface area contributed by atoms with Crippen LogP contribution in [-0.2, 0) is 20.8 Å². The molecule has 2 aliphatic carbocycles. The van der Waals surface area contributed by atoms with Gasteiger partial charge in [-0.15, -0.1) is 0 Å². The summed E-state index contributed by atoms with van der Waals surface area (Å²) >= 11 is 0. The molecule has 3 fully saturated rings. The first-order chi connectivity index (χ1) is 19.3. The molecule has 3 unspecified atom stereocenters. The molecule has 1 saturated heterocycles. The van der Waals surface area contributed by atoms with Crippen LogP contribution in [-0.4, -0.2) is 71.5 Å². The zero-order valence-electron chi connectivity index (χ0n) is 23.4. The highest BCUT2D eigenvalue weighted by molar-refractivity contribution is 5.90. The Balaban J connectivity index is 1.41. The van der Waals surface area contributed by atoms with Crippen LogP contribution in [0.2, 0.25) is 0 Å². The summed E-state index contributed by atoms with van der Waals surface area (Å²) in [5, 5.41) is 26.0. The Hall–Kier alpha value is -3.14. The van der Waals surface area contributed by atoms with Crippen LogP contribution in [0.3, 0.4) is 0 Å². The van der Waals surface area contributed by atoms with Crippen LogP contribution >= 0.6 is 0 Å². The first kappa shape index (κ1) is 29.8. The SMILES string of the molecule is N=C(N)N1CCC(NC(=O)[C@H](Cc2ccccc2)NC(=O)[C@@H](CC2CCC3CCCCC3C2)NCC(=O)O)CC1. The number of nitrogens with one attached hydrogen (secondary N) is 4. The van der Waals surface area contributed by atoms with Gasteiger partial charge in [-0.3, -0.25) is 25.1 Å². The van der Waals surface area contributed by atoms with Gasteiger partial charge in [-0.1, -0.05) is 62.4 Å². The molecule has 2 saturated carbocycles. The number of nitrogens with zero attached hydrogens (tertiary/aromatic N) is 1. The van der Waals surface area contributed by atoms with Gasteiger partial charge in [0, 0.05) is 25.6 Å². The molecule has 10 nitrogen and oxygen atoms in total. The predicted molar refractivity (Wildman–Crippen MR) is 154 cm³/mol. The average Bonchev–Trinajstić information content (AvgIpc) is 2.95. The standard InChI is InChI=1S/C30H46N6O4/c31-30(32)36-14-12-24(13-15-36)34-29(40)26(17-20-6-2-1-3-7-20)35-28(39)25(33-19-27(37)38)18-21-10-11-22-8-4-5-9-23(22)16-21/h1-3,6-7,21-26,33H,4-5,8-19H2,(H3,31,32)(H,34,40)(H,35,39)(H,37,38)/t21?,22?,23?,25-,26+/m1/s1. The number of likely N-dealkylation sites (tertiary alicyclic amines) is 1. The number of rotatable bonds is 11. The number of carboxylic acid groups (broad SMARTS) is 1. The third kappa shape index (κ3) is 8.68. The van der Waals surface area contributed by atoms with Gasteiger partial charge >= 0.3 is 5.97 Å². The molecule has 5 atom stereocenters. The molecule has 220 valence electrons. The van der Waals surface area contributed by atoms with E-state index in [4.69, 9.17) is 11.1 Å². The lowest BCUT2D eigenvalue weighted by atomic mass is 9.66. The van der Waals surface area contributed by atoms with Crippen LogP contribution in [0.4, 0.5) is 0 Å². The number of carbonyl (C=O) groups excluding carboxylic acids is 2. The highest BCUT2D eigenvalue weighted by Crippen LogP contribution is 2.43. The first-order valence-electron chi connectivity index (χ1n) is 15.0. The van der Waals surface area contributed by atoms with Gasteiger partial charge in [-0.25, -0.2) is 0 Å². The van der Waals surface area contributed by atoms with E-state index in [1.807, 2.05) is 30.3 Å². The van der Waals surface area contributed by atoms with Crippen molar-refractivity contribution in [3.05, 3.63) is 35.9 Å². The minimum Gasteiger partial charge on any atom is -0.480 e. The Bertz CT molecular complexity index is 1010. The Kier molecular flexibility index (Phi) is 10.8. The second kappa shape index (κ2) is 14.5. The van der Waals surface area contributed by atoms with Crippen molar-refractivity contribution < 1.29 is 19.5 Å². The van der Waals surface area contributed by atoms with Crippen molar-refractivity contribution in [1.29, 1.82) is 5.41 Å². The van der Waals surface area contributed by atoms with Crippen LogP contribution in [0.15, 0.2) is 30.3 Å². The fraction of sp³-hybridized carbons (Fsp3) is 0.667. The molecule has 7 N–H and O–H groups in total. The molecule has 2 amide bonds. The van der Waals surface area contributed by atoms with E-state index in [-0.39, 0.29) is 30.4 Å². The number of hydrogen-bond donors (Lipinski definition) is 6. The van der Waals surface area contributed by atoms with Crippen molar-refractivity contribution in [2.75, 3.05) is 19.6 Å². The van der Waals surface area contributed by atoms with E-state index in [1.165, 1.54) is 32.1 Å². The van der Waals surface area contributed by atoms with E-state index in [1.54, 1.807) is 4.90 Å². The molecular formula is C30H46N6O4. The number of amides is 2. The maximum Gasteiger partial charge on any atom is 0.317 e. The molecule has 10 heteroatoms. The fourth-order valence-electron chi connectivity index (χ4n) is 6.91. The third-order valence-corrected chi connectivity index (χ3v) is 9.13. The summed E-state index contributed by atoms with van der Waals surface area (Å²) in [4.78, 5) is 40.3. The summed E-state index contributed by atoms with van der Waals surface area (Å²) in [6.07, 6.45) is 10.8. The van der Waals surface area contributed by atoms with Gasteiger partial charge in [0.2, 0.25) is 11.8 Å². The first-order valence-corrected chi connectivity index (χ1v) is 15.0. The normalized spacial score (nSPS) is 24.8. The molecular weight excluding hydrogens is 508 g/mol. The Labute approximate surface area is 237 Å². The Morgan fingerprint density at radius 1 is 0.950 bits per heavy atom. The predicted octanol–water partition coefficient (Wildman–Crippen LogP) is 2.23. The van der Waals surface area contributed by atoms with E-state index in [9.17, 15) is 19.5 Å². The molecule has 0 spiro atoms. The van der Waals surface area contributed by atoms with Crippen LogP contribution in [0.25, 0.3) is 0 Å². The number of piperidine rings is 1. The van der Waals surface area contributed by atoms with Gasteiger partial charge in [0.15, 0.2) is 5.96 Å². The molecule has 1 heterocycles. The van der Waals surface area contributed by atoms with E-state index in [2.05, 4.69) is 16.0 Å². The van der Waals surface area contributed by atoms with Crippen LogP contribution in [0.5, 0.6) is 0 Å². The van der Waals surface area contributed by atoms with Crippen LogP contribution in [0, 0.1) is 23.2 Å². The maximum atomic E-state index is 13.6. The lowest BCUT2D eigenvalue weighted by molar-refractivity contribution is -0.136. The van der Waals surface area contributed by atoms with Crippen molar-refractivity contribution in [3.8, 4) is 0 Å². The quantitative estimate of drug-likeness (QED) is 0.181. The zero-order valence-corrected chi connectivity index (χ0v) is 23.4. The monoisotopic (exact) mass is 554 g/mol. The van der Waals surface area contributed by atoms with Gasteiger partial charge in [0.25, 0.3) is 0 Å². The van der Waals surface area contributed by atoms with Crippen LogP contribution < -0.4 is 21.7 Å². The number of guanidine groups is 1. The molecule has 0 aromatic heterocycles. The van der Waals surface area contributed by atoms with Gasteiger partial charge in [0.05, 0.1) is 12.6 Å². The summed E-state index contributed by atoms with van der Waals surface area (Å²) in [6.45, 7) is 0.891. The number of benzene rings is 1. The molecule has 1 aromatic carbocycles. The molecule has 40 heavy (non-hydrogen) atoms. The average molecular weight is 555 g/mol. The van der Waals surface area contributed by atoms with E-state index >= 15 is 0 Å². The van der Waals surface area contributed by atoms with E-state index in [0.29, 0.717) is 50.6 Å². The second-order valence-corrected chi connectivity index (χ2v) is 12.0. The minimum absolute atomic E-state index is 0.0378. The fourth-order valence-corrected chi connectivity index (χ4v) is 6.91. The molecule has 1 aromatic rings. The van der Waals surface area contributed by atoms with Crippen molar-refractivity contribution in [2.24, 2.45) is 23.5 Å². The number of nitrogens with two attached hydrogens (primary N) is 1. The minimum atomic E-state index is -1.01. The largest absolute Gasteiger partial charge is 0.480 e. The van der Waals surface area contributed by atoms with Crippen molar-refractivity contribution >= 4 is 23.7 Å². The van der Waals surface area contributed by atoms with Crippen molar-refractivity contribution in [1.82, 2.24) is 20.9 Å². The van der Waals surface area contributed by atoms with Crippen molar-refractivity contribution in [2.45, 2.75) is 88.8 Å². The van der Waals surface area contributed by atoms with Gasteiger partial charge < -0.3 is 26.4 Å². The Morgan fingerprint density at radius 2 is 1.65 bits per heavy atom. The number of carboxylic acids is 1.